The van der Waals surface area contributed by atoms with Gasteiger partial charge in [-0.1, -0.05) is 24.3 Å². The van der Waals surface area contributed by atoms with Crippen LogP contribution in [0.25, 0.3) is 21.7 Å². The third kappa shape index (κ3) is 1.68. The number of rotatable bonds is 2. The van der Waals surface area contributed by atoms with E-state index in [0.29, 0.717) is 5.58 Å². The van der Waals surface area contributed by atoms with Crippen LogP contribution in [-0.4, -0.2) is 14.2 Å². The summed E-state index contributed by atoms with van der Waals surface area (Å²) in [6, 6.07) is 10.9. The first-order chi connectivity index (χ1) is 8.36. The van der Waals surface area contributed by atoms with E-state index in [1.54, 1.807) is 14.2 Å². The van der Waals surface area contributed by atoms with Gasteiger partial charge in [0.2, 0.25) is 0 Å². The number of methoxy groups -OCH3 is 2. The van der Waals surface area contributed by atoms with Crippen LogP contribution < -0.4 is 28.3 Å². The molecule has 86 valence electrons. The van der Waals surface area contributed by atoms with E-state index in [-0.39, 0.29) is 18.9 Å². The van der Waals surface area contributed by atoms with Gasteiger partial charge >= 0.3 is 18.9 Å². The zero-order chi connectivity index (χ0) is 11.8. The quantitative estimate of drug-likeness (QED) is 0.475. The molecule has 0 aliphatic heterocycles. The maximum absolute atomic E-state index is 5.45. The standard InChI is InChI=1S/C14H11O3.Li/c1-15-12-9-5-3-4-6-10(9)13(16-2)14-11(12)7-8-17-14;/h3-6,8H,1-2H3;/q-1;+1. The SMILES string of the molecule is COc1c2[c-]coc2c(OC)c2ccccc12.[Li+]. The Morgan fingerprint density at radius 2 is 1.61 bits per heavy atom. The van der Waals surface area contributed by atoms with E-state index in [1.165, 1.54) is 6.26 Å². The number of fused-ring (bicyclic) bond motifs is 2. The molecule has 4 heteroatoms. The average molecular weight is 234 g/mol. The zero-order valence-electron chi connectivity index (χ0n) is 10.6. The summed E-state index contributed by atoms with van der Waals surface area (Å²) in [6.07, 6.45) is 1.52. The Kier molecular flexibility index (Phi) is 3.56. The molecule has 0 saturated carbocycles. The Labute approximate surface area is 117 Å². The Hall–Kier alpha value is -1.56. The summed E-state index contributed by atoms with van der Waals surface area (Å²) in [4.78, 5) is 0. The fourth-order valence-corrected chi connectivity index (χ4v) is 2.16. The van der Waals surface area contributed by atoms with Crippen molar-refractivity contribution in [2.75, 3.05) is 14.2 Å². The topological polar surface area (TPSA) is 31.6 Å². The van der Waals surface area contributed by atoms with Crippen LogP contribution in [0, 0.1) is 6.07 Å². The van der Waals surface area contributed by atoms with Gasteiger partial charge in [0, 0.05) is 17.4 Å². The Bertz CT molecular complexity index is 630. The van der Waals surface area contributed by atoms with Crippen molar-refractivity contribution >= 4 is 21.7 Å². The molecule has 0 unspecified atom stereocenters. The van der Waals surface area contributed by atoms with Gasteiger partial charge in [0.05, 0.1) is 19.8 Å². The second-order valence-corrected chi connectivity index (χ2v) is 3.70. The molecule has 0 aliphatic rings. The van der Waals surface area contributed by atoms with Crippen molar-refractivity contribution in [3.8, 4) is 11.5 Å². The average Bonchev–Trinajstić information content (AvgIpc) is 2.84. The number of hydrogen-bond donors (Lipinski definition) is 0. The van der Waals surface area contributed by atoms with Gasteiger partial charge in [0.25, 0.3) is 0 Å². The summed E-state index contributed by atoms with van der Waals surface area (Å²) >= 11 is 0. The Morgan fingerprint density at radius 1 is 1.00 bits per heavy atom. The molecular formula is C14H11LiO3. The predicted molar refractivity (Wildman–Crippen MR) is 65.7 cm³/mol. The largest absolute Gasteiger partial charge is 1.00 e. The smallest absolute Gasteiger partial charge is 0.553 e. The van der Waals surface area contributed by atoms with Crippen molar-refractivity contribution in [2.24, 2.45) is 0 Å². The van der Waals surface area contributed by atoms with Crippen molar-refractivity contribution in [3.05, 3.63) is 36.6 Å². The molecule has 1 heterocycles. The van der Waals surface area contributed by atoms with E-state index in [0.717, 1.165) is 27.7 Å². The molecule has 3 nitrogen and oxygen atoms in total. The van der Waals surface area contributed by atoms with Crippen LogP contribution in [0.5, 0.6) is 11.5 Å². The monoisotopic (exact) mass is 234 g/mol. The van der Waals surface area contributed by atoms with Crippen LogP contribution in [-0.2, 0) is 0 Å². The normalized spacial score (nSPS) is 10.3. The molecular weight excluding hydrogens is 223 g/mol. The third-order valence-corrected chi connectivity index (χ3v) is 2.86. The van der Waals surface area contributed by atoms with Gasteiger partial charge in [0.1, 0.15) is 5.75 Å². The molecule has 3 rings (SSSR count). The number of furan rings is 1. The minimum atomic E-state index is 0. The van der Waals surface area contributed by atoms with Crippen molar-refractivity contribution in [1.82, 2.24) is 0 Å². The minimum Gasteiger partial charge on any atom is -0.553 e. The minimum absolute atomic E-state index is 0. The molecule has 1 aromatic heterocycles. The maximum Gasteiger partial charge on any atom is 1.00 e. The van der Waals surface area contributed by atoms with Crippen LogP contribution in [0.3, 0.4) is 0 Å². The van der Waals surface area contributed by atoms with Crippen LogP contribution >= 0.6 is 0 Å². The number of hydrogen-bond acceptors (Lipinski definition) is 3. The van der Waals surface area contributed by atoms with Crippen molar-refractivity contribution in [1.29, 1.82) is 0 Å². The van der Waals surface area contributed by atoms with Crippen LogP contribution in [0.15, 0.2) is 34.9 Å². The van der Waals surface area contributed by atoms with Gasteiger partial charge in [-0.15, -0.1) is 11.5 Å². The predicted octanol–water partition coefficient (Wildman–Crippen LogP) is 0.407. The second kappa shape index (κ2) is 4.97. The Morgan fingerprint density at radius 3 is 2.22 bits per heavy atom. The summed E-state index contributed by atoms with van der Waals surface area (Å²) in [5.41, 5.74) is 0.669. The van der Waals surface area contributed by atoms with Gasteiger partial charge in [-0.3, -0.25) is 0 Å². The molecule has 18 heavy (non-hydrogen) atoms. The fourth-order valence-electron chi connectivity index (χ4n) is 2.16. The van der Waals surface area contributed by atoms with Crippen molar-refractivity contribution < 1.29 is 32.8 Å². The Balaban J connectivity index is 0.00000120. The van der Waals surface area contributed by atoms with E-state index in [2.05, 4.69) is 6.07 Å². The van der Waals surface area contributed by atoms with Gasteiger partial charge in [-0.2, -0.15) is 0 Å². The summed E-state index contributed by atoms with van der Waals surface area (Å²) < 4.78 is 16.3. The molecule has 0 N–H and O–H groups in total. The van der Waals surface area contributed by atoms with E-state index in [4.69, 9.17) is 13.9 Å². The first kappa shape index (κ1) is 12.9. The molecule has 0 aliphatic carbocycles. The molecule has 0 bridgehead atoms. The van der Waals surface area contributed by atoms with Crippen LogP contribution in [0.2, 0.25) is 0 Å². The summed E-state index contributed by atoms with van der Waals surface area (Å²) in [5, 5.41) is 2.78. The van der Waals surface area contributed by atoms with Gasteiger partial charge in [-0.25, -0.2) is 0 Å². The molecule has 0 fully saturated rings. The number of ether oxygens (including phenoxy) is 2. The van der Waals surface area contributed by atoms with E-state index in [1.807, 2.05) is 24.3 Å². The number of benzene rings is 2. The maximum atomic E-state index is 5.45. The molecule has 0 radical (unpaired) electrons. The molecule has 0 spiro atoms. The molecule has 2 aromatic carbocycles. The first-order valence-corrected chi connectivity index (χ1v) is 5.28. The van der Waals surface area contributed by atoms with Gasteiger partial charge in [-0.05, 0) is 5.39 Å². The summed E-state index contributed by atoms with van der Waals surface area (Å²) in [5.74, 6) is 1.49. The summed E-state index contributed by atoms with van der Waals surface area (Å²) in [7, 11) is 3.28. The van der Waals surface area contributed by atoms with Crippen LogP contribution in [0.1, 0.15) is 0 Å². The molecule has 0 amide bonds. The third-order valence-electron chi connectivity index (χ3n) is 2.86. The van der Waals surface area contributed by atoms with Gasteiger partial charge < -0.3 is 13.9 Å². The van der Waals surface area contributed by atoms with Crippen molar-refractivity contribution in [3.63, 3.8) is 0 Å². The van der Waals surface area contributed by atoms with Gasteiger partial charge in [0.15, 0.2) is 0 Å². The molecule has 0 atom stereocenters. The van der Waals surface area contributed by atoms with Crippen LogP contribution in [0.4, 0.5) is 0 Å². The van der Waals surface area contributed by atoms with E-state index in [9.17, 15) is 0 Å². The fraction of sp³-hybridized carbons (Fsp3) is 0.143. The zero-order valence-corrected chi connectivity index (χ0v) is 10.6. The van der Waals surface area contributed by atoms with E-state index < -0.39 is 0 Å². The summed E-state index contributed by atoms with van der Waals surface area (Å²) in [6.45, 7) is 0. The molecule has 3 aromatic rings. The van der Waals surface area contributed by atoms with Crippen molar-refractivity contribution in [2.45, 2.75) is 0 Å². The van der Waals surface area contributed by atoms with E-state index >= 15 is 0 Å². The second-order valence-electron chi connectivity index (χ2n) is 3.70. The molecule has 0 saturated heterocycles. The first-order valence-electron chi connectivity index (χ1n) is 5.28.